The number of esters is 1. The van der Waals surface area contributed by atoms with Crippen molar-refractivity contribution in [3.63, 3.8) is 0 Å². The normalized spacial score (nSPS) is 11.1. The number of methoxy groups -OCH3 is 1. The molecule has 1 rings (SSSR count). The number of hydrogen-bond acceptors (Lipinski definition) is 2. The van der Waals surface area contributed by atoms with Gasteiger partial charge in [0.2, 0.25) is 0 Å². The quantitative estimate of drug-likeness (QED) is 0.457. The zero-order valence-electron chi connectivity index (χ0n) is 11.7. The van der Waals surface area contributed by atoms with Crippen LogP contribution in [0.3, 0.4) is 0 Å². The molecule has 0 amide bonds. The number of allylic oxidation sites excluding steroid dienone is 1. The number of rotatable bonds is 5. The van der Waals surface area contributed by atoms with E-state index >= 15 is 0 Å². The first kappa shape index (κ1) is 14.7. The van der Waals surface area contributed by atoms with Crippen molar-refractivity contribution in [2.75, 3.05) is 7.11 Å². The number of carbonyl (C=O) groups is 1. The molecule has 0 N–H and O–H groups in total. The zero-order valence-corrected chi connectivity index (χ0v) is 12.7. The molecule has 1 aromatic rings. The molecule has 0 radical (unpaired) electrons. The molecule has 0 aliphatic carbocycles. The van der Waals surface area contributed by atoms with Crippen molar-refractivity contribution < 1.29 is 9.53 Å². The Morgan fingerprint density at radius 1 is 1.22 bits per heavy atom. The third kappa shape index (κ3) is 4.88. The Labute approximate surface area is 111 Å². The van der Waals surface area contributed by atoms with E-state index in [4.69, 9.17) is 0 Å². The van der Waals surface area contributed by atoms with Gasteiger partial charge in [-0.1, -0.05) is 43.9 Å². The highest BCUT2D eigenvalue weighted by Crippen LogP contribution is 2.19. The maximum atomic E-state index is 11.3. The molecular formula is C15H22O2Si. The van der Waals surface area contributed by atoms with Gasteiger partial charge in [-0.3, -0.25) is 0 Å². The van der Waals surface area contributed by atoms with E-state index in [-0.39, 0.29) is 5.97 Å². The van der Waals surface area contributed by atoms with Crippen molar-refractivity contribution >= 4 is 14.0 Å². The molecule has 0 spiro atoms. The SMILES string of the molecule is C=C(Cc1ccc(C(=O)OC)cc1)C[Si](C)(C)C. The first-order valence-corrected chi connectivity index (χ1v) is 9.86. The fourth-order valence-corrected chi connectivity index (χ4v) is 3.60. The fraction of sp³-hybridized carbons (Fsp3) is 0.400. The van der Waals surface area contributed by atoms with Gasteiger partial charge in [0.1, 0.15) is 0 Å². The van der Waals surface area contributed by atoms with Gasteiger partial charge in [-0.15, -0.1) is 0 Å². The van der Waals surface area contributed by atoms with E-state index in [2.05, 4.69) is 31.0 Å². The van der Waals surface area contributed by atoms with Crippen LogP contribution in [0.4, 0.5) is 0 Å². The second-order valence-electron chi connectivity index (χ2n) is 5.85. The Morgan fingerprint density at radius 2 is 1.78 bits per heavy atom. The van der Waals surface area contributed by atoms with Gasteiger partial charge >= 0.3 is 5.97 Å². The largest absolute Gasteiger partial charge is 0.465 e. The molecule has 0 saturated carbocycles. The summed E-state index contributed by atoms with van der Waals surface area (Å²) in [6, 6.07) is 8.71. The van der Waals surface area contributed by atoms with Crippen molar-refractivity contribution in [1.29, 1.82) is 0 Å². The molecular weight excluding hydrogens is 240 g/mol. The van der Waals surface area contributed by atoms with E-state index in [1.54, 1.807) is 0 Å². The van der Waals surface area contributed by atoms with Crippen LogP contribution < -0.4 is 0 Å². The highest BCUT2D eigenvalue weighted by molar-refractivity contribution is 6.76. The maximum absolute atomic E-state index is 11.3. The molecule has 0 aliphatic heterocycles. The minimum atomic E-state index is -1.08. The lowest BCUT2D eigenvalue weighted by atomic mass is 10.1. The number of carbonyl (C=O) groups excluding carboxylic acids is 1. The molecule has 3 heteroatoms. The summed E-state index contributed by atoms with van der Waals surface area (Å²) in [7, 11) is 0.313. The highest BCUT2D eigenvalue weighted by Gasteiger charge is 2.14. The number of hydrogen-bond donors (Lipinski definition) is 0. The van der Waals surface area contributed by atoms with Gasteiger partial charge in [0.05, 0.1) is 12.7 Å². The molecule has 1 aromatic carbocycles. The molecule has 0 atom stereocenters. The van der Waals surface area contributed by atoms with Crippen LogP contribution in [0, 0.1) is 0 Å². The van der Waals surface area contributed by atoms with Gasteiger partial charge < -0.3 is 4.74 Å². The van der Waals surface area contributed by atoms with Crippen LogP contribution in [0.2, 0.25) is 25.7 Å². The van der Waals surface area contributed by atoms with Crippen molar-refractivity contribution in [2.45, 2.75) is 32.1 Å². The number of ether oxygens (including phenoxy) is 1. The van der Waals surface area contributed by atoms with E-state index in [0.29, 0.717) is 5.56 Å². The standard InChI is InChI=1S/C15H22O2Si/c1-12(11-18(3,4)5)10-13-6-8-14(9-7-13)15(16)17-2/h6-9H,1,10-11H2,2-5H3. The molecule has 0 heterocycles. The lowest BCUT2D eigenvalue weighted by Gasteiger charge is -2.17. The van der Waals surface area contributed by atoms with Gasteiger partial charge in [-0.05, 0) is 30.2 Å². The highest BCUT2D eigenvalue weighted by atomic mass is 28.3. The van der Waals surface area contributed by atoms with Crippen molar-refractivity contribution in [3.05, 3.63) is 47.5 Å². The van der Waals surface area contributed by atoms with Crippen molar-refractivity contribution in [2.24, 2.45) is 0 Å². The molecule has 2 nitrogen and oxygen atoms in total. The average Bonchev–Trinajstić information content (AvgIpc) is 2.26. The summed E-state index contributed by atoms with van der Waals surface area (Å²) in [6.45, 7) is 11.2. The Kier molecular flexibility index (Phi) is 4.90. The lowest BCUT2D eigenvalue weighted by molar-refractivity contribution is 0.0600. The molecule has 98 valence electrons. The first-order chi connectivity index (χ1) is 8.31. The Bertz CT molecular complexity index is 427. The minimum absolute atomic E-state index is 0.289. The van der Waals surface area contributed by atoms with Gasteiger partial charge in [0, 0.05) is 8.07 Å². The summed E-state index contributed by atoms with van der Waals surface area (Å²) in [5.74, 6) is -0.289. The van der Waals surface area contributed by atoms with Crippen LogP contribution in [0.1, 0.15) is 15.9 Å². The van der Waals surface area contributed by atoms with Gasteiger partial charge in [-0.2, -0.15) is 0 Å². The maximum Gasteiger partial charge on any atom is 0.337 e. The molecule has 0 unspecified atom stereocenters. The Balaban J connectivity index is 2.64. The van der Waals surface area contributed by atoms with Crippen LogP contribution in [0.15, 0.2) is 36.4 Å². The van der Waals surface area contributed by atoms with Crippen molar-refractivity contribution in [3.8, 4) is 0 Å². The van der Waals surface area contributed by atoms with Gasteiger partial charge in [0.15, 0.2) is 0 Å². The first-order valence-electron chi connectivity index (χ1n) is 6.16. The fourth-order valence-electron chi connectivity index (χ4n) is 1.98. The third-order valence-electron chi connectivity index (χ3n) is 2.61. The van der Waals surface area contributed by atoms with Crippen LogP contribution in [0.25, 0.3) is 0 Å². The topological polar surface area (TPSA) is 26.3 Å². The Hall–Kier alpha value is -1.35. The van der Waals surface area contributed by atoms with Crippen LogP contribution in [-0.4, -0.2) is 21.2 Å². The van der Waals surface area contributed by atoms with Crippen LogP contribution in [-0.2, 0) is 11.2 Å². The Morgan fingerprint density at radius 3 is 2.22 bits per heavy atom. The summed E-state index contributed by atoms with van der Waals surface area (Å²) in [4.78, 5) is 11.3. The molecule has 18 heavy (non-hydrogen) atoms. The summed E-state index contributed by atoms with van der Waals surface area (Å²) in [5, 5.41) is 0. The van der Waals surface area contributed by atoms with Gasteiger partial charge in [-0.25, -0.2) is 4.79 Å². The monoisotopic (exact) mass is 262 g/mol. The summed E-state index contributed by atoms with van der Waals surface area (Å²) >= 11 is 0. The minimum Gasteiger partial charge on any atom is -0.465 e. The van der Waals surface area contributed by atoms with E-state index in [1.807, 2.05) is 24.3 Å². The molecule has 0 aliphatic rings. The van der Waals surface area contributed by atoms with Gasteiger partial charge in [0.25, 0.3) is 0 Å². The summed E-state index contributed by atoms with van der Waals surface area (Å²) in [6.07, 6.45) is 0.895. The third-order valence-corrected chi connectivity index (χ3v) is 4.17. The smallest absolute Gasteiger partial charge is 0.337 e. The lowest BCUT2D eigenvalue weighted by Crippen LogP contribution is -2.20. The summed E-state index contributed by atoms with van der Waals surface area (Å²) < 4.78 is 4.67. The summed E-state index contributed by atoms with van der Waals surface area (Å²) in [5.41, 5.74) is 3.07. The zero-order chi connectivity index (χ0) is 13.8. The van der Waals surface area contributed by atoms with E-state index < -0.39 is 8.07 Å². The second kappa shape index (κ2) is 6.00. The van der Waals surface area contributed by atoms with Crippen molar-refractivity contribution in [1.82, 2.24) is 0 Å². The molecule has 0 bridgehead atoms. The average molecular weight is 262 g/mol. The molecule has 0 aromatic heterocycles. The predicted molar refractivity (Wildman–Crippen MR) is 78.8 cm³/mol. The van der Waals surface area contributed by atoms with Crippen LogP contribution >= 0.6 is 0 Å². The second-order valence-corrected chi connectivity index (χ2v) is 11.3. The van der Waals surface area contributed by atoms with Crippen LogP contribution in [0.5, 0.6) is 0 Å². The molecule has 0 fully saturated rings. The van der Waals surface area contributed by atoms with E-state index in [0.717, 1.165) is 12.5 Å². The molecule has 0 saturated heterocycles. The number of benzene rings is 1. The van der Waals surface area contributed by atoms with E-state index in [1.165, 1.54) is 18.2 Å². The predicted octanol–water partition coefficient (Wildman–Crippen LogP) is 3.91. The van der Waals surface area contributed by atoms with E-state index in [9.17, 15) is 4.79 Å².